The normalized spacial score (nSPS) is 22.1. The fourth-order valence-corrected chi connectivity index (χ4v) is 3.13. The van der Waals surface area contributed by atoms with Crippen LogP contribution in [0.1, 0.15) is 53.9 Å². The van der Waals surface area contributed by atoms with Crippen LogP contribution in [-0.4, -0.2) is 36.1 Å². The lowest BCUT2D eigenvalue weighted by Crippen LogP contribution is -2.60. The molecule has 1 aliphatic carbocycles. The van der Waals surface area contributed by atoms with E-state index in [0.29, 0.717) is 11.6 Å². The van der Waals surface area contributed by atoms with Gasteiger partial charge < -0.3 is 5.32 Å². The van der Waals surface area contributed by atoms with Gasteiger partial charge in [-0.1, -0.05) is 27.7 Å². The molecule has 1 aliphatic rings. The van der Waals surface area contributed by atoms with E-state index in [1.165, 1.54) is 19.3 Å². The average Bonchev–Trinajstić information content (AvgIpc) is 3.11. The van der Waals surface area contributed by atoms with E-state index in [1.54, 1.807) is 0 Å². The molecule has 1 saturated carbocycles. The molecule has 0 amide bonds. The van der Waals surface area contributed by atoms with Crippen LogP contribution in [0.5, 0.6) is 0 Å². The first kappa shape index (κ1) is 14.0. The molecule has 16 heavy (non-hydrogen) atoms. The van der Waals surface area contributed by atoms with E-state index in [-0.39, 0.29) is 0 Å². The van der Waals surface area contributed by atoms with Crippen LogP contribution in [-0.2, 0) is 0 Å². The molecule has 2 heteroatoms. The monoisotopic (exact) mass is 226 g/mol. The van der Waals surface area contributed by atoms with Crippen molar-refractivity contribution in [1.82, 2.24) is 10.2 Å². The molecule has 1 rings (SSSR count). The van der Waals surface area contributed by atoms with Crippen molar-refractivity contribution < 1.29 is 0 Å². The van der Waals surface area contributed by atoms with Crippen molar-refractivity contribution in [2.45, 2.75) is 65.5 Å². The largest absolute Gasteiger partial charge is 0.312 e. The smallest absolute Gasteiger partial charge is 0.0334 e. The molecule has 0 spiro atoms. The summed E-state index contributed by atoms with van der Waals surface area (Å²) in [5.74, 6) is 0.922. The average molecular weight is 226 g/mol. The van der Waals surface area contributed by atoms with Crippen LogP contribution < -0.4 is 5.32 Å². The molecule has 2 nitrogen and oxygen atoms in total. The molecule has 2 atom stereocenters. The molecule has 0 heterocycles. The summed E-state index contributed by atoms with van der Waals surface area (Å²) in [4.78, 5) is 2.64. The van der Waals surface area contributed by atoms with E-state index in [9.17, 15) is 0 Å². The molecule has 0 aromatic rings. The van der Waals surface area contributed by atoms with Crippen molar-refractivity contribution >= 4 is 0 Å². The van der Waals surface area contributed by atoms with Crippen molar-refractivity contribution in [2.75, 3.05) is 19.6 Å². The van der Waals surface area contributed by atoms with Gasteiger partial charge in [0.2, 0.25) is 0 Å². The van der Waals surface area contributed by atoms with Crippen LogP contribution in [0.4, 0.5) is 0 Å². The summed E-state index contributed by atoms with van der Waals surface area (Å²) < 4.78 is 0. The third-order valence-corrected chi connectivity index (χ3v) is 4.39. The van der Waals surface area contributed by atoms with Gasteiger partial charge in [0.05, 0.1) is 0 Å². The number of likely N-dealkylation sites (N-methyl/N-ethyl adjacent to an activating group) is 2. The predicted octanol–water partition coefficient (Wildman–Crippen LogP) is 2.89. The fraction of sp³-hybridized carbons (Fsp3) is 1.00. The Labute approximate surface area is 102 Å². The van der Waals surface area contributed by atoms with Crippen molar-refractivity contribution in [2.24, 2.45) is 5.92 Å². The first-order chi connectivity index (χ1) is 7.63. The van der Waals surface area contributed by atoms with Gasteiger partial charge in [-0.25, -0.2) is 0 Å². The minimum Gasteiger partial charge on any atom is -0.312 e. The Hall–Kier alpha value is -0.0800. The van der Waals surface area contributed by atoms with Gasteiger partial charge >= 0.3 is 0 Å². The van der Waals surface area contributed by atoms with E-state index in [1.807, 2.05) is 0 Å². The van der Waals surface area contributed by atoms with Crippen LogP contribution in [0, 0.1) is 5.92 Å². The number of hydrogen-bond donors (Lipinski definition) is 1. The summed E-state index contributed by atoms with van der Waals surface area (Å²) in [7, 11) is 0. The Bertz CT molecular complexity index is 197. The maximum absolute atomic E-state index is 3.74. The summed E-state index contributed by atoms with van der Waals surface area (Å²) in [5.41, 5.74) is 0.334. The molecular weight excluding hydrogens is 196 g/mol. The lowest BCUT2D eigenvalue weighted by atomic mass is 9.84. The summed E-state index contributed by atoms with van der Waals surface area (Å²) in [6, 6.07) is 0.683. The van der Waals surface area contributed by atoms with E-state index < -0.39 is 0 Å². The SMILES string of the molecule is CCNC(C1CC1)C(C)(CC)N(CC)CC. The topological polar surface area (TPSA) is 15.3 Å². The van der Waals surface area contributed by atoms with Gasteiger partial charge in [0, 0.05) is 11.6 Å². The van der Waals surface area contributed by atoms with Crippen LogP contribution >= 0.6 is 0 Å². The van der Waals surface area contributed by atoms with E-state index >= 15 is 0 Å². The highest BCUT2D eigenvalue weighted by molar-refractivity contribution is 5.03. The second-order valence-electron chi connectivity index (χ2n) is 5.26. The van der Waals surface area contributed by atoms with Gasteiger partial charge in [-0.2, -0.15) is 0 Å². The second kappa shape index (κ2) is 6.02. The van der Waals surface area contributed by atoms with Crippen LogP contribution in [0.2, 0.25) is 0 Å². The zero-order valence-electron chi connectivity index (χ0n) is 11.8. The zero-order valence-corrected chi connectivity index (χ0v) is 11.8. The number of nitrogens with one attached hydrogen (secondary N) is 1. The molecule has 2 unspecified atom stereocenters. The minimum atomic E-state index is 0.334. The van der Waals surface area contributed by atoms with Gasteiger partial charge in [0.1, 0.15) is 0 Å². The maximum Gasteiger partial charge on any atom is 0.0334 e. The third kappa shape index (κ3) is 2.78. The Morgan fingerprint density at radius 2 is 1.75 bits per heavy atom. The lowest BCUT2D eigenvalue weighted by Gasteiger charge is -2.46. The van der Waals surface area contributed by atoms with Gasteiger partial charge in [-0.15, -0.1) is 0 Å². The molecule has 1 N–H and O–H groups in total. The Morgan fingerprint density at radius 1 is 1.19 bits per heavy atom. The number of rotatable bonds is 8. The Morgan fingerprint density at radius 3 is 2.06 bits per heavy atom. The van der Waals surface area contributed by atoms with Crippen molar-refractivity contribution in [3.05, 3.63) is 0 Å². The predicted molar refractivity (Wildman–Crippen MR) is 71.8 cm³/mol. The molecule has 0 radical (unpaired) electrons. The summed E-state index contributed by atoms with van der Waals surface area (Å²) >= 11 is 0. The molecule has 0 saturated heterocycles. The van der Waals surface area contributed by atoms with E-state index in [4.69, 9.17) is 0 Å². The highest BCUT2D eigenvalue weighted by atomic mass is 15.2. The lowest BCUT2D eigenvalue weighted by molar-refractivity contribution is 0.0622. The number of hydrogen-bond acceptors (Lipinski definition) is 2. The summed E-state index contributed by atoms with van der Waals surface area (Å²) in [6.45, 7) is 15.0. The summed E-state index contributed by atoms with van der Waals surface area (Å²) in [5, 5.41) is 3.74. The molecule has 1 fully saturated rings. The Kier molecular flexibility index (Phi) is 5.26. The van der Waals surface area contributed by atoms with E-state index in [2.05, 4.69) is 44.8 Å². The number of nitrogens with zero attached hydrogens (tertiary/aromatic N) is 1. The minimum absolute atomic E-state index is 0.334. The van der Waals surface area contributed by atoms with Crippen LogP contribution in [0.3, 0.4) is 0 Å². The van der Waals surface area contributed by atoms with Gasteiger partial charge in [0.15, 0.2) is 0 Å². The van der Waals surface area contributed by atoms with Gasteiger partial charge in [-0.05, 0) is 51.7 Å². The standard InChI is InChI=1S/C14H30N2/c1-6-14(5,16(8-3)9-4)13(15-7-2)12-10-11-12/h12-13,15H,6-11H2,1-5H3. The Balaban J connectivity index is 2.80. The molecule has 0 bridgehead atoms. The molecule has 0 aromatic heterocycles. The molecule has 96 valence electrons. The van der Waals surface area contributed by atoms with Crippen molar-refractivity contribution in [3.8, 4) is 0 Å². The summed E-state index contributed by atoms with van der Waals surface area (Å²) in [6.07, 6.45) is 4.09. The van der Waals surface area contributed by atoms with Crippen molar-refractivity contribution in [3.63, 3.8) is 0 Å². The second-order valence-corrected chi connectivity index (χ2v) is 5.26. The molecule has 0 aromatic carbocycles. The third-order valence-electron chi connectivity index (χ3n) is 4.39. The molecular formula is C14H30N2. The van der Waals surface area contributed by atoms with Crippen LogP contribution in [0.25, 0.3) is 0 Å². The van der Waals surface area contributed by atoms with Gasteiger partial charge in [0.25, 0.3) is 0 Å². The van der Waals surface area contributed by atoms with E-state index in [0.717, 1.165) is 25.6 Å². The van der Waals surface area contributed by atoms with Crippen molar-refractivity contribution in [1.29, 1.82) is 0 Å². The highest BCUT2D eigenvalue weighted by Crippen LogP contribution is 2.40. The first-order valence-electron chi connectivity index (χ1n) is 7.12. The first-order valence-corrected chi connectivity index (χ1v) is 7.12. The van der Waals surface area contributed by atoms with Gasteiger partial charge in [-0.3, -0.25) is 4.90 Å². The van der Waals surface area contributed by atoms with Crippen LogP contribution in [0.15, 0.2) is 0 Å². The highest BCUT2D eigenvalue weighted by Gasteiger charge is 2.44. The maximum atomic E-state index is 3.74. The molecule has 0 aliphatic heterocycles. The fourth-order valence-electron chi connectivity index (χ4n) is 3.13. The quantitative estimate of drug-likeness (QED) is 0.684. The zero-order chi connectivity index (χ0) is 12.2.